The third kappa shape index (κ3) is 7.82. The average Bonchev–Trinajstić information content (AvgIpc) is 2.41. The molecule has 19 heavy (non-hydrogen) atoms. The summed E-state index contributed by atoms with van der Waals surface area (Å²) >= 11 is 0. The van der Waals surface area contributed by atoms with Gasteiger partial charge in [0.05, 0.1) is 0 Å². The summed E-state index contributed by atoms with van der Waals surface area (Å²) in [7, 11) is 0. The summed E-state index contributed by atoms with van der Waals surface area (Å²) in [6, 6.07) is 0.490. The molecule has 1 fully saturated rings. The van der Waals surface area contributed by atoms with Crippen molar-refractivity contribution >= 4 is 11.9 Å². The highest BCUT2D eigenvalue weighted by atomic mass is 16.4. The maximum Gasteiger partial charge on any atom is 0.303 e. The quantitative estimate of drug-likeness (QED) is 0.625. The number of carbonyl (C=O) groups is 2. The van der Waals surface area contributed by atoms with E-state index in [1.165, 1.54) is 19.3 Å². The monoisotopic (exact) mass is 270 g/mol. The van der Waals surface area contributed by atoms with E-state index in [9.17, 15) is 9.59 Å². The minimum atomic E-state index is -0.776. The number of carboxylic acid groups (broad SMARTS) is 1. The highest BCUT2D eigenvalue weighted by Gasteiger charge is 2.14. The lowest BCUT2D eigenvalue weighted by molar-refractivity contribution is -0.137. The van der Waals surface area contributed by atoms with Crippen molar-refractivity contribution in [3.05, 3.63) is 0 Å². The molecule has 1 rings (SSSR count). The Balaban J connectivity index is 2.05. The summed E-state index contributed by atoms with van der Waals surface area (Å²) < 4.78 is 0. The van der Waals surface area contributed by atoms with Gasteiger partial charge in [-0.1, -0.05) is 13.3 Å². The van der Waals surface area contributed by atoms with Gasteiger partial charge in [-0.3, -0.25) is 9.59 Å². The van der Waals surface area contributed by atoms with Gasteiger partial charge in [-0.05, 0) is 38.1 Å². The fourth-order valence-corrected chi connectivity index (χ4v) is 2.32. The zero-order valence-corrected chi connectivity index (χ0v) is 11.8. The summed E-state index contributed by atoms with van der Waals surface area (Å²) in [6.45, 7) is 3.61. The van der Waals surface area contributed by atoms with Gasteiger partial charge in [0, 0.05) is 25.4 Å². The summed E-state index contributed by atoms with van der Waals surface area (Å²) in [6.07, 6.45) is 5.90. The van der Waals surface area contributed by atoms with E-state index in [2.05, 4.69) is 10.6 Å². The second kappa shape index (κ2) is 8.91. The number of aliphatic carboxylic acids is 1. The Morgan fingerprint density at radius 3 is 2.79 bits per heavy atom. The number of hydrogen-bond acceptors (Lipinski definition) is 3. The molecule has 3 N–H and O–H groups in total. The van der Waals surface area contributed by atoms with Gasteiger partial charge in [0.15, 0.2) is 0 Å². The Kier molecular flexibility index (Phi) is 7.48. The third-order valence-corrected chi connectivity index (χ3v) is 3.63. The van der Waals surface area contributed by atoms with Crippen LogP contribution in [0.3, 0.4) is 0 Å². The molecule has 0 spiro atoms. The molecule has 1 aliphatic heterocycles. The number of nitrogens with one attached hydrogen (secondary N) is 2. The highest BCUT2D eigenvalue weighted by molar-refractivity contribution is 5.75. The van der Waals surface area contributed by atoms with Crippen molar-refractivity contribution in [3.63, 3.8) is 0 Å². The van der Waals surface area contributed by atoms with Crippen molar-refractivity contribution in [1.82, 2.24) is 10.6 Å². The summed E-state index contributed by atoms with van der Waals surface area (Å²) in [5, 5.41) is 14.9. The van der Waals surface area contributed by atoms with Crippen LogP contribution < -0.4 is 10.6 Å². The maximum absolute atomic E-state index is 11.7. The Hall–Kier alpha value is -1.10. The Morgan fingerprint density at radius 1 is 1.37 bits per heavy atom. The molecule has 0 saturated carbocycles. The van der Waals surface area contributed by atoms with Crippen LogP contribution in [0.25, 0.3) is 0 Å². The van der Waals surface area contributed by atoms with Gasteiger partial charge in [0.25, 0.3) is 0 Å². The minimum absolute atomic E-state index is 0.0783. The molecule has 1 amide bonds. The van der Waals surface area contributed by atoms with Crippen LogP contribution in [0.4, 0.5) is 0 Å². The number of rotatable bonds is 8. The minimum Gasteiger partial charge on any atom is -0.481 e. The molecule has 0 aromatic heterocycles. The maximum atomic E-state index is 11.7. The Bertz CT molecular complexity index is 288. The molecular weight excluding hydrogens is 244 g/mol. The van der Waals surface area contributed by atoms with Gasteiger partial charge in [0.1, 0.15) is 0 Å². The molecule has 2 atom stereocenters. The van der Waals surface area contributed by atoms with E-state index in [1.54, 1.807) is 0 Å². The van der Waals surface area contributed by atoms with Crippen molar-refractivity contribution in [2.75, 3.05) is 13.1 Å². The Morgan fingerprint density at radius 2 is 2.16 bits per heavy atom. The van der Waals surface area contributed by atoms with Crippen LogP contribution >= 0.6 is 0 Å². The molecule has 0 aromatic rings. The van der Waals surface area contributed by atoms with Crippen molar-refractivity contribution in [2.24, 2.45) is 5.92 Å². The van der Waals surface area contributed by atoms with Crippen molar-refractivity contribution in [2.45, 2.75) is 57.9 Å². The van der Waals surface area contributed by atoms with Crippen LogP contribution in [-0.2, 0) is 9.59 Å². The van der Waals surface area contributed by atoms with Gasteiger partial charge in [0.2, 0.25) is 5.91 Å². The first-order chi connectivity index (χ1) is 9.08. The number of piperidine rings is 1. The highest BCUT2D eigenvalue weighted by Crippen LogP contribution is 2.11. The molecular formula is C14H26N2O3. The van der Waals surface area contributed by atoms with Crippen molar-refractivity contribution in [1.29, 1.82) is 0 Å². The topological polar surface area (TPSA) is 78.4 Å². The third-order valence-electron chi connectivity index (χ3n) is 3.63. The largest absolute Gasteiger partial charge is 0.481 e. The standard InChI is InChI=1S/C14H26N2O3/c1-11(5-8-14(18)19)10-16-13(17)7-6-12-4-2-3-9-15-12/h11-12,15H,2-10H2,1H3,(H,16,17)(H,18,19). The van der Waals surface area contributed by atoms with Crippen LogP contribution in [0.5, 0.6) is 0 Å². The lowest BCUT2D eigenvalue weighted by atomic mass is 10.0. The zero-order chi connectivity index (χ0) is 14.1. The van der Waals surface area contributed by atoms with Crippen LogP contribution in [0.2, 0.25) is 0 Å². The molecule has 5 nitrogen and oxygen atoms in total. The van der Waals surface area contributed by atoms with E-state index in [-0.39, 0.29) is 18.2 Å². The van der Waals surface area contributed by atoms with Crippen LogP contribution in [0.1, 0.15) is 51.9 Å². The van der Waals surface area contributed by atoms with E-state index in [0.29, 0.717) is 25.4 Å². The molecule has 1 saturated heterocycles. The zero-order valence-electron chi connectivity index (χ0n) is 11.8. The molecule has 1 aliphatic rings. The Labute approximate surface area is 115 Å². The lowest BCUT2D eigenvalue weighted by Gasteiger charge is -2.23. The molecule has 0 bridgehead atoms. The van der Waals surface area contributed by atoms with Crippen LogP contribution in [0, 0.1) is 5.92 Å². The first kappa shape index (κ1) is 16.0. The predicted molar refractivity (Wildman–Crippen MR) is 73.9 cm³/mol. The molecule has 0 aromatic carbocycles. The van der Waals surface area contributed by atoms with E-state index >= 15 is 0 Å². The molecule has 0 radical (unpaired) electrons. The van der Waals surface area contributed by atoms with Gasteiger partial charge in [-0.2, -0.15) is 0 Å². The average molecular weight is 270 g/mol. The second-order valence-electron chi connectivity index (χ2n) is 5.53. The lowest BCUT2D eigenvalue weighted by Crippen LogP contribution is -2.36. The van der Waals surface area contributed by atoms with Crippen LogP contribution in [0.15, 0.2) is 0 Å². The SMILES string of the molecule is CC(CCC(=O)O)CNC(=O)CCC1CCCCN1. The summed E-state index contributed by atoms with van der Waals surface area (Å²) in [4.78, 5) is 22.1. The normalized spacial score (nSPS) is 20.8. The number of hydrogen-bond donors (Lipinski definition) is 3. The predicted octanol–water partition coefficient (Wildman–Crippen LogP) is 1.53. The van der Waals surface area contributed by atoms with Crippen molar-refractivity contribution in [3.8, 4) is 0 Å². The van der Waals surface area contributed by atoms with Crippen molar-refractivity contribution < 1.29 is 14.7 Å². The van der Waals surface area contributed by atoms with Crippen LogP contribution in [-0.4, -0.2) is 36.1 Å². The van der Waals surface area contributed by atoms with E-state index < -0.39 is 5.97 Å². The fourth-order valence-electron chi connectivity index (χ4n) is 2.32. The first-order valence-corrected chi connectivity index (χ1v) is 7.30. The van der Waals surface area contributed by atoms with E-state index in [4.69, 9.17) is 5.11 Å². The fraction of sp³-hybridized carbons (Fsp3) is 0.857. The molecule has 2 unspecified atom stereocenters. The molecule has 0 aliphatic carbocycles. The second-order valence-corrected chi connectivity index (χ2v) is 5.53. The van der Waals surface area contributed by atoms with E-state index in [1.807, 2.05) is 6.92 Å². The van der Waals surface area contributed by atoms with Gasteiger partial charge >= 0.3 is 5.97 Å². The molecule has 5 heteroatoms. The number of amides is 1. The smallest absolute Gasteiger partial charge is 0.303 e. The summed E-state index contributed by atoms with van der Waals surface area (Å²) in [5.74, 6) is -0.482. The molecule has 110 valence electrons. The molecule has 1 heterocycles. The van der Waals surface area contributed by atoms with Gasteiger partial charge in [-0.15, -0.1) is 0 Å². The number of carboxylic acids is 1. The van der Waals surface area contributed by atoms with E-state index in [0.717, 1.165) is 13.0 Å². The van der Waals surface area contributed by atoms with Gasteiger partial charge in [-0.25, -0.2) is 0 Å². The van der Waals surface area contributed by atoms with Gasteiger partial charge < -0.3 is 15.7 Å². The summed E-state index contributed by atoms with van der Waals surface area (Å²) in [5.41, 5.74) is 0. The first-order valence-electron chi connectivity index (χ1n) is 7.30. The number of carbonyl (C=O) groups excluding carboxylic acids is 1.